The van der Waals surface area contributed by atoms with E-state index in [1.54, 1.807) is 9.80 Å². The standard InChI is InChI=1S/C19H31F2N5O2/c1-14-15(2)28-18(23-14)13-24-5-3-16(4-6-24)11-22-19(27)26-9-7-25(8-10-26)12-17(20)21/h16-17H,3-13H2,1-2H3,(H,22,27). The molecular formula is C19H31F2N5O2. The van der Waals surface area contributed by atoms with Gasteiger partial charge in [0.05, 0.1) is 18.8 Å². The Bertz CT molecular complexity index is 619. The molecule has 0 saturated carbocycles. The fourth-order valence-corrected chi connectivity index (χ4v) is 3.82. The highest BCUT2D eigenvalue weighted by Crippen LogP contribution is 2.19. The van der Waals surface area contributed by atoms with Crippen LogP contribution in [-0.4, -0.2) is 84.5 Å². The van der Waals surface area contributed by atoms with Crippen molar-refractivity contribution in [3.8, 4) is 0 Å². The van der Waals surface area contributed by atoms with E-state index >= 15 is 0 Å². The van der Waals surface area contributed by atoms with Crippen molar-refractivity contribution >= 4 is 6.03 Å². The lowest BCUT2D eigenvalue weighted by molar-refractivity contribution is 0.0633. The molecule has 0 atom stereocenters. The minimum atomic E-state index is -2.32. The van der Waals surface area contributed by atoms with Gasteiger partial charge in [-0.25, -0.2) is 18.6 Å². The number of likely N-dealkylation sites (tertiary alicyclic amines) is 1. The predicted molar refractivity (Wildman–Crippen MR) is 101 cm³/mol. The predicted octanol–water partition coefficient (Wildman–Crippen LogP) is 2.10. The van der Waals surface area contributed by atoms with E-state index in [-0.39, 0.29) is 12.6 Å². The topological polar surface area (TPSA) is 64.9 Å². The van der Waals surface area contributed by atoms with Crippen molar-refractivity contribution in [2.75, 3.05) is 52.4 Å². The molecule has 1 aromatic heterocycles. The zero-order valence-electron chi connectivity index (χ0n) is 16.8. The number of amides is 2. The van der Waals surface area contributed by atoms with Crippen molar-refractivity contribution in [1.29, 1.82) is 0 Å². The SMILES string of the molecule is Cc1nc(CN2CCC(CNC(=O)N3CCN(CC(F)F)CC3)CC2)oc1C. The summed E-state index contributed by atoms with van der Waals surface area (Å²) in [6.45, 7) is 9.04. The molecule has 9 heteroatoms. The minimum Gasteiger partial charge on any atom is -0.444 e. The van der Waals surface area contributed by atoms with Crippen molar-refractivity contribution < 1.29 is 18.0 Å². The maximum atomic E-state index is 12.4. The summed E-state index contributed by atoms with van der Waals surface area (Å²) in [6, 6.07) is -0.0788. The molecule has 0 spiro atoms. The van der Waals surface area contributed by atoms with Crippen LogP contribution in [0.5, 0.6) is 0 Å². The van der Waals surface area contributed by atoms with E-state index in [1.165, 1.54) is 0 Å². The molecule has 2 aliphatic rings. The molecule has 0 aromatic carbocycles. The highest BCUT2D eigenvalue weighted by atomic mass is 19.3. The molecule has 158 valence electrons. The Kier molecular flexibility index (Phi) is 7.23. The van der Waals surface area contributed by atoms with Gasteiger partial charge < -0.3 is 14.6 Å². The van der Waals surface area contributed by atoms with Gasteiger partial charge in [0.15, 0.2) is 0 Å². The monoisotopic (exact) mass is 399 g/mol. The fraction of sp³-hybridized carbons (Fsp3) is 0.789. The van der Waals surface area contributed by atoms with Crippen molar-refractivity contribution in [1.82, 2.24) is 25.0 Å². The van der Waals surface area contributed by atoms with Crippen molar-refractivity contribution in [3.05, 3.63) is 17.3 Å². The zero-order chi connectivity index (χ0) is 20.1. The summed E-state index contributed by atoms with van der Waals surface area (Å²) >= 11 is 0. The van der Waals surface area contributed by atoms with Gasteiger partial charge in [0, 0.05) is 32.7 Å². The molecule has 2 saturated heterocycles. The molecule has 2 amide bonds. The molecule has 0 unspecified atom stereocenters. The van der Waals surface area contributed by atoms with Crippen molar-refractivity contribution in [2.24, 2.45) is 5.92 Å². The number of urea groups is 1. The molecule has 1 aromatic rings. The number of carbonyl (C=O) groups is 1. The Labute approximate surface area is 165 Å². The third kappa shape index (κ3) is 5.88. The molecule has 3 rings (SSSR count). The largest absolute Gasteiger partial charge is 0.444 e. The number of halogens is 2. The smallest absolute Gasteiger partial charge is 0.317 e. The van der Waals surface area contributed by atoms with Gasteiger partial charge in [-0.3, -0.25) is 9.80 Å². The number of rotatable bonds is 6. The molecule has 2 fully saturated rings. The number of hydrogen-bond acceptors (Lipinski definition) is 5. The number of nitrogens with one attached hydrogen (secondary N) is 1. The van der Waals surface area contributed by atoms with Gasteiger partial charge in [-0.2, -0.15) is 0 Å². The number of piperidine rings is 1. The lowest BCUT2D eigenvalue weighted by Crippen LogP contribution is -2.53. The average Bonchev–Trinajstić information content (AvgIpc) is 2.98. The lowest BCUT2D eigenvalue weighted by atomic mass is 9.97. The first-order chi connectivity index (χ1) is 13.4. The van der Waals surface area contributed by atoms with Crippen LogP contribution >= 0.6 is 0 Å². The van der Waals surface area contributed by atoms with E-state index in [1.807, 2.05) is 13.8 Å². The number of carbonyl (C=O) groups excluding carboxylic acids is 1. The summed E-state index contributed by atoms with van der Waals surface area (Å²) in [5.74, 6) is 2.11. The van der Waals surface area contributed by atoms with Crippen LogP contribution in [0, 0.1) is 19.8 Å². The van der Waals surface area contributed by atoms with Crippen molar-refractivity contribution in [3.63, 3.8) is 0 Å². The summed E-state index contributed by atoms with van der Waals surface area (Å²) in [6.07, 6.45) is -0.259. The van der Waals surface area contributed by atoms with Crippen LogP contribution in [0.4, 0.5) is 13.6 Å². The maximum absolute atomic E-state index is 12.4. The minimum absolute atomic E-state index is 0.0788. The molecule has 7 nitrogen and oxygen atoms in total. The second kappa shape index (κ2) is 9.65. The van der Waals surface area contributed by atoms with E-state index in [0.717, 1.165) is 49.8 Å². The summed E-state index contributed by atoms with van der Waals surface area (Å²) < 4.78 is 30.5. The third-order valence-electron chi connectivity index (χ3n) is 5.74. The van der Waals surface area contributed by atoms with Crippen LogP contribution in [-0.2, 0) is 6.54 Å². The molecule has 2 aliphatic heterocycles. The highest BCUT2D eigenvalue weighted by Gasteiger charge is 2.25. The Morgan fingerprint density at radius 3 is 2.39 bits per heavy atom. The lowest BCUT2D eigenvalue weighted by Gasteiger charge is -2.35. The van der Waals surface area contributed by atoms with Crippen LogP contribution in [0.3, 0.4) is 0 Å². The first-order valence-electron chi connectivity index (χ1n) is 10.1. The van der Waals surface area contributed by atoms with Crippen molar-refractivity contribution in [2.45, 2.75) is 39.7 Å². The van der Waals surface area contributed by atoms with Crippen LogP contribution < -0.4 is 5.32 Å². The van der Waals surface area contributed by atoms with E-state index in [9.17, 15) is 13.6 Å². The second-order valence-electron chi connectivity index (χ2n) is 7.83. The Morgan fingerprint density at radius 1 is 1.14 bits per heavy atom. The second-order valence-corrected chi connectivity index (χ2v) is 7.83. The van der Waals surface area contributed by atoms with Gasteiger partial charge in [-0.05, 0) is 45.7 Å². The molecule has 28 heavy (non-hydrogen) atoms. The number of aryl methyl sites for hydroxylation is 2. The van der Waals surface area contributed by atoms with Crippen LogP contribution in [0.2, 0.25) is 0 Å². The van der Waals surface area contributed by atoms with Crippen LogP contribution in [0.1, 0.15) is 30.2 Å². The van der Waals surface area contributed by atoms with Crippen LogP contribution in [0.25, 0.3) is 0 Å². The summed E-state index contributed by atoms with van der Waals surface area (Å²) in [5.41, 5.74) is 0.947. The quantitative estimate of drug-likeness (QED) is 0.794. The third-order valence-corrected chi connectivity index (χ3v) is 5.74. The summed E-state index contributed by atoms with van der Waals surface area (Å²) in [5, 5.41) is 3.02. The number of piperazine rings is 1. The van der Waals surface area contributed by atoms with Gasteiger partial charge in [0.2, 0.25) is 5.89 Å². The molecular weight excluding hydrogens is 368 g/mol. The van der Waals surface area contributed by atoms with Crippen LogP contribution in [0.15, 0.2) is 4.42 Å². The van der Waals surface area contributed by atoms with Gasteiger partial charge in [0.1, 0.15) is 5.76 Å². The average molecular weight is 399 g/mol. The molecule has 0 radical (unpaired) electrons. The Hall–Kier alpha value is -1.74. The van der Waals surface area contributed by atoms with E-state index in [0.29, 0.717) is 38.6 Å². The number of oxazole rings is 1. The molecule has 0 aliphatic carbocycles. The number of alkyl halides is 2. The summed E-state index contributed by atoms with van der Waals surface area (Å²) in [7, 11) is 0. The van der Waals surface area contributed by atoms with Gasteiger partial charge in [-0.1, -0.05) is 0 Å². The number of aromatic nitrogens is 1. The van der Waals surface area contributed by atoms with E-state index < -0.39 is 6.43 Å². The van der Waals surface area contributed by atoms with E-state index in [4.69, 9.17) is 4.42 Å². The summed E-state index contributed by atoms with van der Waals surface area (Å²) in [4.78, 5) is 22.5. The van der Waals surface area contributed by atoms with Gasteiger partial charge in [0.25, 0.3) is 6.43 Å². The normalized spacial score (nSPS) is 20.1. The first kappa shape index (κ1) is 21.0. The maximum Gasteiger partial charge on any atom is 0.317 e. The first-order valence-corrected chi connectivity index (χ1v) is 10.1. The fourth-order valence-electron chi connectivity index (χ4n) is 3.82. The van der Waals surface area contributed by atoms with E-state index in [2.05, 4.69) is 15.2 Å². The van der Waals surface area contributed by atoms with Gasteiger partial charge in [-0.15, -0.1) is 0 Å². The molecule has 1 N–H and O–H groups in total. The van der Waals surface area contributed by atoms with Gasteiger partial charge >= 0.3 is 6.03 Å². The number of nitrogens with zero attached hydrogens (tertiary/aromatic N) is 4. The molecule has 3 heterocycles. The Morgan fingerprint density at radius 2 is 1.82 bits per heavy atom. The zero-order valence-corrected chi connectivity index (χ0v) is 16.8. The highest BCUT2D eigenvalue weighted by molar-refractivity contribution is 5.74. The number of hydrogen-bond donors (Lipinski definition) is 1. The molecule has 0 bridgehead atoms. The Balaban J connectivity index is 1.32.